The van der Waals surface area contributed by atoms with Crippen molar-refractivity contribution in [3.63, 3.8) is 0 Å². The van der Waals surface area contributed by atoms with Gasteiger partial charge in [0.15, 0.2) is 0 Å². The number of aromatic nitrogens is 1. The van der Waals surface area contributed by atoms with Gasteiger partial charge in [-0.25, -0.2) is 4.98 Å². The van der Waals surface area contributed by atoms with Gasteiger partial charge in [0, 0.05) is 18.0 Å². The number of nitrogens with zero attached hydrogens (tertiary/aromatic N) is 2. The predicted molar refractivity (Wildman–Crippen MR) is 68.9 cm³/mol. The Balaban J connectivity index is 1.91. The molecule has 0 amide bonds. The van der Waals surface area contributed by atoms with Crippen molar-refractivity contribution in [2.45, 2.75) is 32.9 Å². The number of carboxylic acid groups (broad SMARTS) is 1. The molecule has 1 N–H and O–H groups in total. The van der Waals surface area contributed by atoms with Crippen molar-refractivity contribution in [1.82, 2.24) is 9.88 Å². The van der Waals surface area contributed by atoms with Gasteiger partial charge in [0.25, 0.3) is 0 Å². The number of carboxylic acids is 1. The first kappa shape index (κ1) is 13.5. The summed E-state index contributed by atoms with van der Waals surface area (Å²) in [6, 6.07) is 0. The molecule has 1 aliphatic heterocycles. The highest BCUT2D eigenvalue weighted by Gasteiger charge is 2.23. The van der Waals surface area contributed by atoms with E-state index in [9.17, 15) is 4.79 Å². The molecule has 1 fully saturated rings. The molecule has 1 saturated heterocycles. The zero-order valence-electron chi connectivity index (χ0n) is 10.7. The van der Waals surface area contributed by atoms with Crippen LogP contribution in [0.5, 0.6) is 0 Å². The van der Waals surface area contributed by atoms with Crippen LogP contribution >= 0.6 is 11.3 Å². The number of hydrogen-bond acceptors (Lipinski definition) is 5. The van der Waals surface area contributed by atoms with E-state index in [0.29, 0.717) is 13.2 Å². The van der Waals surface area contributed by atoms with E-state index in [1.54, 1.807) is 11.3 Å². The molecule has 100 valence electrons. The first-order valence-electron chi connectivity index (χ1n) is 6.03. The van der Waals surface area contributed by atoms with Crippen LogP contribution in [-0.2, 0) is 16.1 Å². The molecule has 1 atom stereocenters. The van der Waals surface area contributed by atoms with E-state index >= 15 is 0 Å². The molecule has 5 nitrogen and oxygen atoms in total. The van der Waals surface area contributed by atoms with Crippen LogP contribution in [0.25, 0.3) is 0 Å². The standard InChI is InChI=1S/C12H18N2O3S/c1-8-9(2)18-11(13-8)7-14-3-4-17-10(6-14)5-12(15)16/h10H,3-7H2,1-2H3,(H,15,16). The molecule has 0 saturated carbocycles. The summed E-state index contributed by atoms with van der Waals surface area (Å²) < 4.78 is 5.45. The highest BCUT2D eigenvalue weighted by atomic mass is 32.1. The third-order valence-corrected chi connectivity index (χ3v) is 4.11. The van der Waals surface area contributed by atoms with Gasteiger partial charge in [0.2, 0.25) is 0 Å². The minimum atomic E-state index is -0.803. The number of rotatable bonds is 4. The van der Waals surface area contributed by atoms with Crippen molar-refractivity contribution in [3.05, 3.63) is 15.6 Å². The highest BCUT2D eigenvalue weighted by Crippen LogP contribution is 2.19. The maximum absolute atomic E-state index is 10.7. The third-order valence-electron chi connectivity index (χ3n) is 3.06. The fraction of sp³-hybridized carbons (Fsp3) is 0.667. The molecule has 0 aliphatic carbocycles. The molecular formula is C12H18N2O3S. The maximum Gasteiger partial charge on any atom is 0.306 e. The van der Waals surface area contributed by atoms with Crippen molar-refractivity contribution in [1.29, 1.82) is 0 Å². The molecule has 18 heavy (non-hydrogen) atoms. The monoisotopic (exact) mass is 270 g/mol. The molecular weight excluding hydrogens is 252 g/mol. The Morgan fingerprint density at radius 2 is 2.39 bits per heavy atom. The van der Waals surface area contributed by atoms with Gasteiger partial charge in [-0.1, -0.05) is 0 Å². The molecule has 0 radical (unpaired) electrons. The Morgan fingerprint density at radius 1 is 1.61 bits per heavy atom. The number of hydrogen-bond donors (Lipinski definition) is 1. The highest BCUT2D eigenvalue weighted by molar-refractivity contribution is 7.11. The first-order valence-corrected chi connectivity index (χ1v) is 6.85. The normalized spacial score (nSPS) is 21.1. The SMILES string of the molecule is Cc1nc(CN2CCOC(CC(=O)O)C2)sc1C. The van der Waals surface area contributed by atoms with Gasteiger partial charge in [0.1, 0.15) is 5.01 Å². The van der Waals surface area contributed by atoms with Crippen molar-refractivity contribution < 1.29 is 14.6 Å². The van der Waals surface area contributed by atoms with Crippen LogP contribution in [0, 0.1) is 13.8 Å². The molecule has 0 bridgehead atoms. The van der Waals surface area contributed by atoms with Crippen LogP contribution < -0.4 is 0 Å². The zero-order valence-corrected chi connectivity index (χ0v) is 11.5. The van der Waals surface area contributed by atoms with Gasteiger partial charge < -0.3 is 9.84 Å². The zero-order chi connectivity index (χ0) is 13.1. The van der Waals surface area contributed by atoms with E-state index in [-0.39, 0.29) is 12.5 Å². The van der Waals surface area contributed by atoms with E-state index in [4.69, 9.17) is 9.84 Å². The molecule has 0 aromatic carbocycles. The lowest BCUT2D eigenvalue weighted by Crippen LogP contribution is -2.42. The number of aliphatic carboxylic acids is 1. The summed E-state index contributed by atoms with van der Waals surface area (Å²) in [6.07, 6.45) is -0.120. The van der Waals surface area contributed by atoms with E-state index in [1.807, 2.05) is 6.92 Å². The van der Waals surface area contributed by atoms with Gasteiger partial charge in [-0.05, 0) is 13.8 Å². The van der Waals surface area contributed by atoms with Crippen LogP contribution in [0.3, 0.4) is 0 Å². The average molecular weight is 270 g/mol. The van der Waals surface area contributed by atoms with Crippen LogP contribution in [-0.4, -0.2) is 46.8 Å². The molecule has 2 rings (SSSR count). The summed E-state index contributed by atoms with van der Waals surface area (Å²) in [5, 5.41) is 9.87. The van der Waals surface area contributed by atoms with Crippen molar-refractivity contribution in [2.24, 2.45) is 0 Å². The molecule has 1 aromatic heterocycles. The average Bonchev–Trinajstić information content (AvgIpc) is 2.57. The largest absolute Gasteiger partial charge is 0.481 e. The Hall–Kier alpha value is -0.980. The fourth-order valence-corrected chi connectivity index (χ4v) is 3.02. The van der Waals surface area contributed by atoms with Crippen LogP contribution in [0.4, 0.5) is 0 Å². The lowest BCUT2D eigenvalue weighted by molar-refractivity contribution is -0.142. The molecule has 1 unspecified atom stereocenters. The quantitative estimate of drug-likeness (QED) is 0.897. The second kappa shape index (κ2) is 5.77. The lowest BCUT2D eigenvalue weighted by atomic mass is 10.2. The molecule has 1 aliphatic rings. The smallest absolute Gasteiger partial charge is 0.306 e. The van der Waals surface area contributed by atoms with Crippen molar-refractivity contribution >= 4 is 17.3 Å². The summed E-state index contributed by atoms with van der Waals surface area (Å²) in [4.78, 5) is 18.6. The third kappa shape index (κ3) is 3.51. The summed E-state index contributed by atoms with van der Waals surface area (Å²) in [5.41, 5.74) is 1.09. The van der Waals surface area contributed by atoms with Gasteiger partial charge >= 0.3 is 5.97 Å². The summed E-state index contributed by atoms with van der Waals surface area (Å²) >= 11 is 1.71. The topological polar surface area (TPSA) is 62.7 Å². The molecule has 2 heterocycles. The van der Waals surface area contributed by atoms with Gasteiger partial charge in [-0.3, -0.25) is 9.69 Å². The lowest BCUT2D eigenvalue weighted by Gasteiger charge is -2.31. The maximum atomic E-state index is 10.7. The van der Waals surface area contributed by atoms with Crippen LogP contribution in [0.2, 0.25) is 0 Å². The second-order valence-corrected chi connectivity index (χ2v) is 5.86. The number of carbonyl (C=O) groups is 1. The minimum Gasteiger partial charge on any atom is -0.481 e. The number of thiazole rings is 1. The van der Waals surface area contributed by atoms with E-state index in [2.05, 4.69) is 16.8 Å². The summed E-state index contributed by atoms with van der Waals surface area (Å²) in [5.74, 6) is -0.803. The fourth-order valence-electron chi connectivity index (χ4n) is 2.04. The Bertz CT molecular complexity index is 413. The van der Waals surface area contributed by atoms with Crippen molar-refractivity contribution in [2.75, 3.05) is 19.7 Å². The van der Waals surface area contributed by atoms with Gasteiger partial charge in [-0.15, -0.1) is 11.3 Å². The molecule has 1 aromatic rings. The predicted octanol–water partition coefficient (Wildman–Crippen LogP) is 1.44. The first-order chi connectivity index (χ1) is 8.54. The molecule has 0 spiro atoms. The Labute approximate surface area is 110 Å². The number of aryl methyl sites for hydroxylation is 2. The van der Waals surface area contributed by atoms with E-state index in [0.717, 1.165) is 23.8 Å². The minimum absolute atomic E-state index is 0.0758. The molecule has 6 heteroatoms. The summed E-state index contributed by atoms with van der Waals surface area (Å²) in [7, 11) is 0. The number of morpholine rings is 1. The van der Waals surface area contributed by atoms with Crippen molar-refractivity contribution in [3.8, 4) is 0 Å². The number of ether oxygens (including phenoxy) is 1. The Morgan fingerprint density at radius 3 is 3.00 bits per heavy atom. The second-order valence-electron chi connectivity index (χ2n) is 4.57. The van der Waals surface area contributed by atoms with Crippen LogP contribution in [0.1, 0.15) is 22.0 Å². The van der Waals surface area contributed by atoms with Crippen LogP contribution in [0.15, 0.2) is 0 Å². The van der Waals surface area contributed by atoms with Gasteiger partial charge in [-0.2, -0.15) is 0 Å². The summed E-state index contributed by atoms with van der Waals surface area (Å²) in [6.45, 7) is 6.99. The van der Waals surface area contributed by atoms with E-state index in [1.165, 1.54) is 4.88 Å². The van der Waals surface area contributed by atoms with E-state index < -0.39 is 5.97 Å². The van der Waals surface area contributed by atoms with Gasteiger partial charge in [0.05, 0.1) is 31.4 Å². The Kier molecular flexibility index (Phi) is 4.31.